The highest BCUT2D eigenvalue weighted by Gasteiger charge is 2.22. The highest BCUT2D eigenvalue weighted by molar-refractivity contribution is 6.42. The zero-order valence-corrected chi connectivity index (χ0v) is 11.4. The van der Waals surface area contributed by atoms with Crippen LogP contribution in [0.25, 0.3) is 0 Å². The monoisotopic (exact) mass is 286 g/mol. The van der Waals surface area contributed by atoms with E-state index in [0.29, 0.717) is 16.7 Å². The largest absolute Gasteiger partial charge is 0.354 e. The zero-order valence-electron chi connectivity index (χ0n) is 9.86. The van der Waals surface area contributed by atoms with Gasteiger partial charge in [-0.05, 0) is 37.0 Å². The summed E-state index contributed by atoms with van der Waals surface area (Å²) in [7, 11) is 0. The Hall–Kier alpha value is -0.770. The van der Waals surface area contributed by atoms with E-state index >= 15 is 0 Å². The molecular weight excluding hydrogens is 273 g/mol. The molecule has 2 rings (SSSR count). The SMILES string of the molecule is O=[C]N1CCCCC1OCc1ccc(Cl)c(Cl)c1. The Balaban J connectivity index is 1.93. The number of hydrogen-bond donors (Lipinski definition) is 0. The van der Waals surface area contributed by atoms with Gasteiger partial charge in [0, 0.05) is 6.54 Å². The lowest BCUT2D eigenvalue weighted by Crippen LogP contribution is -2.40. The fourth-order valence-electron chi connectivity index (χ4n) is 2.00. The van der Waals surface area contributed by atoms with Gasteiger partial charge in [-0.25, -0.2) is 0 Å². The van der Waals surface area contributed by atoms with E-state index in [1.807, 2.05) is 12.5 Å². The standard InChI is InChI=1S/C13H14Cl2NO2/c14-11-5-4-10(7-12(11)15)8-18-13-3-1-2-6-16(13)9-17/h4-5,7,13H,1-3,6,8H2. The van der Waals surface area contributed by atoms with Crippen molar-refractivity contribution in [2.24, 2.45) is 0 Å². The summed E-state index contributed by atoms with van der Waals surface area (Å²) < 4.78 is 5.73. The van der Waals surface area contributed by atoms with E-state index in [0.717, 1.165) is 31.4 Å². The van der Waals surface area contributed by atoms with Gasteiger partial charge in [-0.2, -0.15) is 0 Å². The third-order valence-corrected chi connectivity index (χ3v) is 3.73. The van der Waals surface area contributed by atoms with Crippen LogP contribution in [0.15, 0.2) is 18.2 Å². The number of halogens is 2. The molecule has 0 saturated carbocycles. The van der Waals surface area contributed by atoms with Crippen molar-refractivity contribution in [3.63, 3.8) is 0 Å². The van der Waals surface area contributed by atoms with Crippen molar-refractivity contribution in [1.29, 1.82) is 0 Å². The summed E-state index contributed by atoms with van der Waals surface area (Å²) in [5.74, 6) is 0. The molecule has 0 spiro atoms. The summed E-state index contributed by atoms with van der Waals surface area (Å²) in [6, 6.07) is 5.39. The van der Waals surface area contributed by atoms with Crippen molar-refractivity contribution in [3.8, 4) is 0 Å². The second-order valence-electron chi connectivity index (χ2n) is 4.29. The molecule has 1 saturated heterocycles. The Labute approximate surface area is 117 Å². The molecule has 5 heteroatoms. The second kappa shape index (κ2) is 6.41. The van der Waals surface area contributed by atoms with Crippen LogP contribution in [0, 0.1) is 0 Å². The molecule has 1 aliphatic rings. The lowest BCUT2D eigenvalue weighted by molar-refractivity contribution is -0.0562. The van der Waals surface area contributed by atoms with E-state index in [2.05, 4.69) is 0 Å². The number of amides is 1. The Bertz CT molecular complexity index is 425. The molecule has 1 amide bonds. The Kier molecular flexibility index (Phi) is 4.87. The number of rotatable bonds is 4. The molecule has 1 radical (unpaired) electrons. The number of nitrogens with zero attached hydrogens (tertiary/aromatic N) is 1. The van der Waals surface area contributed by atoms with Crippen molar-refractivity contribution < 1.29 is 9.53 Å². The van der Waals surface area contributed by atoms with E-state index in [4.69, 9.17) is 27.9 Å². The molecule has 0 bridgehead atoms. The van der Waals surface area contributed by atoms with Crippen LogP contribution in [0.5, 0.6) is 0 Å². The van der Waals surface area contributed by atoms with Gasteiger partial charge in [0.15, 0.2) is 0 Å². The minimum Gasteiger partial charge on any atom is -0.354 e. The predicted molar refractivity (Wildman–Crippen MR) is 71.3 cm³/mol. The summed E-state index contributed by atoms with van der Waals surface area (Å²) in [5.41, 5.74) is 0.945. The van der Waals surface area contributed by atoms with E-state index < -0.39 is 0 Å². The van der Waals surface area contributed by atoms with Gasteiger partial charge >= 0.3 is 6.41 Å². The highest BCUT2D eigenvalue weighted by atomic mass is 35.5. The van der Waals surface area contributed by atoms with Gasteiger partial charge in [-0.1, -0.05) is 29.3 Å². The smallest absolute Gasteiger partial charge is 0.314 e. The first-order valence-electron chi connectivity index (χ1n) is 5.90. The number of likely N-dealkylation sites (tertiary alicyclic amines) is 1. The minimum absolute atomic E-state index is 0.175. The molecule has 1 heterocycles. The average molecular weight is 287 g/mol. The van der Waals surface area contributed by atoms with E-state index in [1.165, 1.54) is 0 Å². The van der Waals surface area contributed by atoms with Gasteiger partial charge in [0.2, 0.25) is 0 Å². The van der Waals surface area contributed by atoms with Crippen LogP contribution in [-0.2, 0) is 16.1 Å². The van der Waals surface area contributed by atoms with Crippen LogP contribution in [-0.4, -0.2) is 24.1 Å². The maximum atomic E-state index is 10.8. The summed E-state index contributed by atoms with van der Waals surface area (Å²) in [6.07, 6.45) is 4.69. The van der Waals surface area contributed by atoms with Crippen molar-refractivity contribution in [1.82, 2.24) is 4.90 Å². The number of carbonyl (C=O) groups excluding carboxylic acids is 1. The fourth-order valence-corrected chi connectivity index (χ4v) is 2.32. The van der Waals surface area contributed by atoms with Gasteiger partial charge in [0.1, 0.15) is 6.23 Å². The van der Waals surface area contributed by atoms with Crippen molar-refractivity contribution in [2.75, 3.05) is 6.54 Å². The number of ether oxygens (including phenoxy) is 1. The summed E-state index contributed by atoms with van der Waals surface area (Å²) in [6.45, 7) is 1.13. The van der Waals surface area contributed by atoms with Crippen LogP contribution in [0.3, 0.4) is 0 Å². The van der Waals surface area contributed by atoms with Gasteiger partial charge in [0.05, 0.1) is 16.7 Å². The van der Waals surface area contributed by atoms with Crippen LogP contribution in [0.1, 0.15) is 24.8 Å². The van der Waals surface area contributed by atoms with Gasteiger partial charge < -0.3 is 9.64 Å². The molecular formula is C13H14Cl2NO2. The lowest BCUT2D eigenvalue weighted by Gasteiger charge is -2.31. The summed E-state index contributed by atoms with van der Waals surface area (Å²) in [4.78, 5) is 12.3. The molecule has 0 aliphatic carbocycles. The van der Waals surface area contributed by atoms with E-state index in [1.54, 1.807) is 17.0 Å². The molecule has 1 aromatic carbocycles. The molecule has 1 unspecified atom stereocenters. The minimum atomic E-state index is -0.175. The summed E-state index contributed by atoms with van der Waals surface area (Å²) >= 11 is 11.8. The number of piperidine rings is 1. The van der Waals surface area contributed by atoms with Crippen molar-refractivity contribution >= 4 is 29.6 Å². The fraction of sp³-hybridized carbons (Fsp3) is 0.462. The molecule has 1 aromatic rings. The van der Waals surface area contributed by atoms with Crippen molar-refractivity contribution in [2.45, 2.75) is 32.1 Å². The molecule has 0 aromatic heterocycles. The summed E-state index contributed by atoms with van der Waals surface area (Å²) in [5, 5.41) is 1.04. The van der Waals surface area contributed by atoms with Crippen LogP contribution < -0.4 is 0 Å². The van der Waals surface area contributed by atoms with Gasteiger partial charge in [0.25, 0.3) is 0 Å². The molecule has 97 valence electrons. The van der Waals surface area contributed by atoms with E-state index in [-0.39, 0.29) is 6.23 Å². The molecule has 3 nitrogen and oxygen atoms in total. The Morgan fingerprint density at radius 2 is 2.17 bits per heavy atom. The number of benzene rings is 1. The maximum absolute atomic E-state index is 10.8. The molecule has 18 heavy (non-hydrogen) atoms. The first-order valence-corrected chi connectivity index (χ1v) is 6.66. The second-order valence-corrected chi connectivity index (χ2v) is 5.11. The Morgan fingerprint density at radius 3 is 2.89 bits per heavy atom. The maximum Gasteiger partial charge on any atom is 0.314 e. The molecule has 1 aliphatic heterocycles. The normalized spacial score (nSPS) is 19.9. The van der Waals surface area contributed by atoms with Crippen LogP contribution in [0.2, 0.25) is 10.0 Å². The Morgan fingerprint density at radius 1 is 1.33 bits per heavy atom. The van der Waals surface area contributed by atoms with Crippen molar-refractivity contribution in [3.05, 3.63) is 33.8 Å². The quantitative estimate of drug-likeness (QED) is 0.849. The first kappa shape index (κ1) is 13.7. The predicted octanol–water partition coefficient (Wildman–Crippen LogP) is 3.39. The third-order valence-electron chi connectivity index (χ3n) is 2.99. The first-order chi connectivity index (χ1) is 8.70. The molecule has 0 N–H and O–H groups in total. The molecule has 1 fully saturated rings. The zero-order chi connectivity index (χ0) is 13.0. The number of hydrogen-bond acceptors (Lipinski definition) is 2. The van der Waals surface area contributed by atoms with Gasteiger partial charge in [-0.3, -0.25) is 4.79 Å². The van der Waals surface area contributed by atoms with E-state index in [9.17, 15) is 4.79 Å². The van der Waals surface area contributed by atoms with Crippen LogP contribution >= 0.6 is 23.2 Å². The third kappa shape index (κ3) is 3.37. The molecule has 1 atom stereocenters. The lowest BCUT2D eigenvalue weighted by atomic mass is 10.1. The average Bonchev–Trinajstić information content (AvgIpc) is 2.40. The van der Waals surface area contributed by atoms with Crippen LogP contribution in [0.4, 0.5) is 0 Å². The topological polar surface area (TPSA) is 29.5 Å². The highest BCUT2D eigenvalue weighted by Crippen LogP contribution is 2.24. The van der Waals surface area contributed by atoms with Gasteiger partial charge in [-0.15, -0.1) is 0 Å².